The Morgan fingerprint density at radius 1 is 0.870 bits per heavy atom. The zero-order chi connectivity index (χ0) is 32.9. The zero-order valence-corrected chi connectivity index (χ0v) is 28.5. The minimum absolute atomic E-state index is 0.465. The van der Waals surface area contributed by atoms with E-state index in [9.17, 15) is 0 Å². The average molecular weight is 620 g/mol. The molecule has 7 heteroatoms. The molecule has 0 atom stereocenters. The van der Waals surface area contributed by atoms with Crippen LogP contribution in [0, 0.1) is 0 Å². The first kappa shape index (κ1) is 34.5. The molecule has 3 aliphatic rings. The SMILES string of the molecule is CC.CC(C)c1cccc(C(C)C)c1N=C1C=CCN2CCN=C12.COCc1ccccc1N=C(C1=NCCO1)c1ccccc1. The normalized spacial score (nSPS) is 16.3. The third kappa shape index (κ3) is 8.67. The molecule has 7 nitrogen and oxygen atoms in total. The van der Waals surface area contributed by atoms with E-state index >= 15 is 0 Å². The molecule has 0 amide bonds. The molecule has 0 bridgehead atoms. The highest BCUT2D eigenvalue weighted by atomic mass is 16.5. The lowest BCUT2D eigenvalue weighted by atomic mass is 9.93. The number of rotatable bonds is 8. The van der Waals surface area contributed by atoms with Crippen LogP contribution in [-0.2, 0) is 16.1 Å². The van der Waals surface area contributed by atoms with Crippen molar-refractivity contribution in [3.8, 4) is 0 Å². The van der Waals surface area contributed by atoms with Gasteiger partial charge < -0.3 is 14.4 Å². The first-order valence-electron chi connectivity index (χ1n) is 16.5. The first-order chi connectivity index (χ1) is 22.5. The Bertz CT molecular complexity index is 1560. The van der Waals surface area contributed by atoms with Crippen LogP contribution in [0.25, 0.3) is 0 Å². The second-order valence-corrected chi connectivity index (χ2v) is 11.6. The number of hydrogen-bond donors (Lipinski definition) is 0. The van der Waals surface area contributed by atoms with E-state index in [-0.39, 0.29) is 0 Å². The van der Waals surface area contributed by atoms with Crippen molar-refractivity contribution in [1.82, 2.24) is 4.90 Å². The summed E-state index contributed by atoms with van der Waals surface area (Å²) in [6.45, 7) is 17.6. The maximum atomic E-state index is 5.63. The Balaban J connectivity index is 0.000000198. The van der Waals surface area contributed by atoms with Crippen LogP contribution in [0.15, 0.2) is 105 Å². The van der Waals surface area contributed by atoms with Crippen LogP contribution in [0.3, 0.4) is 0 Å². The molecule has 0 fully saturated rings. The van der Waals surface area contributed by atoms with Gasteiger partial charge >= 0.3 is 0 Å². The lowest BCUT2D eigenvalue weighted by molar-refractivity contribution is 0.185. The van der Waals surface area contributed by atoms with Gasteiger partial charge in [0.25, 0.3) is 0 Å². The second kappa shape index (κ2) is 17.4. The van der Waals surface area contributed by atoms with Gasteiger partial charge in [0, 0.05) is 31.3 Å². The Morgan fingerprint density at radius 2 is 1.57 bits per heavy atom. The molecular weight excluding hydrogens is 570 g/mol. The monoisotopic (exact) mass is 619 g/mol. The van der Waals surface area contributed by atoms with Crippen molar-refractivity contribution in [1.29, 1.82) is 0 Å². The molecule has 3 aliphatic heterocycles. The molecule has 0 saturated heterocycles. The van der Waals surface area contributed by atoms with Gasteiger partial charge in [-0.1, -0.05) is 114 Å². The van der Waals surface area contributed by atoms with Crippen LogP contribution in [-0.4, -0.2) is 68.0 Å². The standard InChI is InChI=1S/C19H25N3.C18H18N2O2.C2H6/c1-13(2)15-7-5-8-16(14(3)4)18(15)21-17-9-6-11-22-12-10-20-19(17)22;1-21-13-15-9-5-6-10-16(15)20-17(18-19-11-12-22-18)14-7-3-2-4-8-14;1-2/h5-9,13-14H,10-12H2,1-4H3;2-10H,11-13H2,1H3;1-2H3. The summed E-state index contributed by atoms with van der Waals surface area (Å²) in [6.07, 6.45) is 4.32. The molecule has 0 saturated carbocycles. The van der Waals surface area contributed by atoms with Gasteiger partial charge in [-0.2, -0.15) is 0 Å². The Kier molecular flexibility index (Phi) is 13.0. The molecule has 0 unspecified atom stereocenters. The smallest absolute Gasteiger partial charge is 0.236 e. The van der Waals surface area contributed by atoms with Gasteiger partial charge in [-0.05, 0) is 35.1 Å². The number of hydrogen-bond acceptors (Lipinski definition) is 7. The minimum Gasteiger partial charge on any atom is -0.474 e. The third-order valence-corrected chi connectivity index (χ3v) is 7.70. The summed E-state index contributed by atoms with van der Waals surface area (Å²) in [5.41, 5.74) is 8.48. The van der Waals surface area contributed by atoms with E-state index in [0.29, 0.717) is 37.5 Å². The molecular formula is C39H49N5O2. The summed E-state index contributed by atoms with van der Waals surface area (Å²) < 4.78 is 10.9. The van der Waals surface area contributed by atoms with Gasteiger partial charge in [0.1, 0.15) is 23.9 Å². The highest BCUT2D eigenvalue weighted by molar-refractivity contribution is 6.47. The van der Waals surface area contributed by atoms with Gasteiger partial charge in [0.15, 0.2) is 0 Å². The number of para-hydroxylation sites is 2. The van der Waals surface area contributed by atoms with Gasteiger partial charge in [-0.15, -0.1) is 0 Å². The highest BCUT2D eigenvalue weighted by Crippen LogP contribution is 2.35. The second-order valence-electron chi connectivity index (χ2n) is 11.6. The maximum absolute atomic E-state index is 5.63. The summed E-state index contributed by atoms with van der Waals surface area (Å²) in [6, 6.07) is 24.5. The lowest BCUT2D eigenvalue weighted by Gasteiger charge is -2.23. The molecule has 0 spiro atoms. The number of methoxy groups -OCH3 is 1. The summed E-state index contributed by atoms with van der Waals surface area (Å²) in [4.78, 5) is 21.2. The molecule has 0 radical (unpaired) electrons. The van der Waals surface area contributed by atoms with Crippen molar-refractivity contribution in [3.63, 3.8) is 0 Å². The number of nitrogens with zero attached hydrogens (tertiary/aromatic N) is 5. The number of ether oxygens (including phenoxy) is 2. The minimum atomic E-state index is 0.465. The highest BCUT2D eigenvalue weighted by Gasteiger charge is 2.24. The largest absolute Gasteiger partial charge is 0.474 e. The van der Waals surface area contributed by atoms with Crippen molar-refractivity contribution in [2.45, 2.75) is 60.0 Å². The van der Waals surface area contributed by atoms with Crippen molar-refractivity contribution < 1.29 is 9.47 Å². The van der Waals surface area contributed by atoms with Crippen LogP contribution in [0.5, 0.6) is 0 Å². The van der Waals surface area contributed by atoms with E-state index in [1.165, 1.54) is 11.1 Å². The van der Waals surface area contributed by atoms with E-state index in [1.807, 2.05) is 68.4 Å². The average Bonchev–Trinajstić information content (AvgIpc) is 3.80. The van der Waals surface area contributed by atoms with Gasteiger partial charge in [-0.3, -0.25) is 4.99 Å². The number of benzene rings is 3. The van der Waals surface area contributed by atoms with Crippen molar-refractivity contribution in [3.05, 3.63) is 107 Å². The van der Waals surface area contributed by atoms with Crippen LogP contribution in [0.4, 0.5) is 11.4 Å². The van der Waals surface area contributed by atoms with Crippen LogP contribution in [0.2, 0.25) is 0 Å². The summed E-state index contributed by atoms with van der Waals surface area (Å²) in [5.74, 6) is 2.61. The first-order valence-corrected chi connectivity index (χ1v) is 16.5. The van der Waals surface area contributed by atoms with E-state index in [0.717, 1.165) is 59.4 Å². The lowest BCUT2D eigenvalue weighted by Crippen LogP contribution is -2.35. The summed E-state index contributed by atoms with van der Waals surface area (Å²) in [5, 5.41) is 0. The van der Waals surface area contributed by atoms with E-state index in [4.69, 9.17) is 19.5 Å². The third-order valence-electron chi connectivity index (χ3n) is 7.70. The maximum Gasteiger partial charge on any atom is 0.236 e. The molecule has 3 aromatic rings. The fourth-order valence-electron chi connectivity index (χ4n) is 5.45. The molecule has 3 aromatic carbocycles. The van der Waals surface area contributed by atoms with E-state index in [2.05, 4.69) is 72.9 Å². The molecule has 3 heterocycles. The fourth-order valence-corrected chi connectivity index (χ4v) is 5.45. The number of amidine groups is 1. The Hall–Kier alpha value is -4.36. The summed E-state index contributed by atoms with van der Waals surface area (Å²) in [7, 11) is 1.68. The van der Waals surface area contributed by atoms with Gasteiger partial charge in [-0.25, -0.2) is 15.0 Å². The topological polar surface area (TPSA) is 71.1 Å². The molecule has 0 aliphatic carbocycles. The summed E-state index contributed by atoms with van der Waals surface area (Å²) >= 11 is 0. The molecule has 0 aromatic heterocycles. The number of fused-ring (bicyclic) bond motifs is 1. The van der Waals surface area contributed by atoms with Gasteiger partial charge in [0.2, 0.25) is 5.90 Å². The van der Waals surface area contributed by atoms with Crippen molar-refractivity contribution in [2.24, 2.45) is 20.0 Å². The number of aliphatic imine (C=N–C) groups is 4. The molecule has 242 valence electrons. The van der Waals surface area contributed by atoms with Crippen molar-refractivity contribution in [2.75, 3.05) is 39.9 Å². The van der Waals surface area contributed by atoms with Crippen LogP contribution in [0.1, 0.15) is 75.6 Å². The van der Waals surface area contributed by atoms with Crippen LogP contribution < -0.4 is 0 Å². The molecule has 6 rings (SSSR count). The van der Waals surface area contributed by atoms with Crippen molar-refractivity contribution >= 4 is 34.5 Å². The zero-order valence-electron chi connectivity index (χ0n) is 28.5. The fraction of sp³-hybridized carbons (Fsp3) is 0.385. The Morgan fingerprint density at radius 3 is 2.22 bits per heavy atom. The predicted molar refractivity (Wildman–Crippen MR) is 194 cm³/mol. The van der Waals surface area contributed by atoms with Gasteiger partial charge in [0.05, 0.1) is 31.1 Å². The van der Waals surface area contributed by atoms with Crippen LogP contribution >= 0.6 is 0 Å². The van der Waals surface area contributed by atoms with E-state index < -0.39 is 0 Å². The molecule has 46 heavy (non-hydrogen) atoms. The quantitative estimate of drug-likeness (QED) is 0.237. The van der Waals surface area contributed by atoms with E-state index in [1.54, 1.807) is 7.11 Å². The predicted octanol–water partition coefficient (Wildman–Crippen LogP) is 8.70. The molecule has 0 N–H and O–H groups in total. The Labute approximate surface area is 275 Å².